The highest BCUT2D eigenvalue weighted by atomic mass is 35.5. The molecule has 0 aliphatic heterocycles. The Bertz CT molecular complexity index is 645. The number of carboxylic acids is 1. The lowest BCUT2D eigenvalue weighted by atomic mass is 10.2. The van der Waals surface area contributed by atoms with Gasteiger partial charge in [-0.2, -0.15) is 17.5 Å². The summed E-state index contributed by atoms with van der Waals surface area (Å²) in [5.74, 6) is -1.41. The van der Waals surface area contributed by atoms with E-state index in [-0.39, 0.29) is 6.54 Å². The zero-order valence-corrected chi connectivity index (χ0v) is 12.3. The quantitative estimate of drug-likeness (QED) is 0.889. The van der Waals surface area contributed by atoms with Crippen LogP contribution in [-0.2, 0) is 21.0 Å². The highest BCUT2D eigenvalue weighted by Crippen LogP contribution is 2.36. The summed E-state index contributed by atoms with van der Waals surface area (Å²) in [4.78, 5) is 9.96. The normalized spacial score (nSPS) is 12.7. The molecule has 0 aromatic heterocycles. The SMILES string of the molecule is CCN(CC(=O)O)S(=O)(=O)c1ccc(Cl)c(C(F)(F)F)c1. The van der Waals surface area contributed by atoms with Crippen molar-refractivity contribution >= 4 is 27.6 Å². The van der Waals surface area contributed by atoms with Crippen LogP contribution in [0.2, 0.25) is 5.02 Å². The van der Waals surface area contributed by atoms with E-state index in [1.807, 2.05) is 0 Å². The molecular formula is C11H11ClF3NO4S. The number of rotatable bonds is 5. The molecule has 1 rings (SSSR count). The number of hydrogen-bond donors (Lipinski definition) is 1. The van der Waals surface area contributed by atoms with Crippen LogP contribution in [-0.4, -0.2) is 36.9 Å². The van der Waals surface area contributed by atoms with Crippen molar-refractivity contribution < 1.29 is 31.5 Å². The van der Waals surface area contributed by atoms with E-state index in [0.29, 0.717) is 10.4 Å². The van der Waals surface area contributed by atoms with Gasteiger partial charge < -0.3 is 5.11 Å². The average Bonchev–Trinajstić information content (AvgIpc) is 2.34. The average molecular weight is 346 g/mol. The maximum atomic E-state index is 12.7. The van der Waals surface area contributed by atoms with Crippen LogP contribution in [0.3, 0.4) is 0 Å². The van der Waals surface area contributed by atoms with E-state index in [9.17, 15) is 26.4 Å². The summed E-state index contributed by atoms with van der Waals surface area (Å²) in [5, 5.41) is 8.01. The molecular weight excluding hydrogens is 335 g/mol. The lowest BCUT2D eigenvalue weighted by Crippen LogP contribution is -2.35. The molecule has 0 saturated carbocycles. The van der Waals surface area contributed by atoms with Crippen molar-refractivity contribution in [3.63, 3.8) is 0 Å². The second-order valence-corrected chi connectivity index (χ2v) is 6.31. The van der Waals surface area contributed by atoms with Crippen LogP contribution in [0.25, 0.3) is 0 Å². The van der Waals surface area contributed by atoms with E-state index < -0.39 is 44.2 Å². The second-order valence-electron chi connectivity index (χ2n) is 3.96. The van der Waals surface area contributed by atoms with Crippen molar-refractivity contribution in [1.29, 1.82) is 0 Å². The zero-order chi connectivity index (χ0) is 16.4. The summed E-state index contributed by atoms with van der Waals surface area (Å²) in [6.45, 7) is 0.336. The fourth-order valence-corrected chi connectivity index (χ4v) is 3.20. The number of halogens is 4. The first kappa shape index (κ1) is 17.7. The summed E-state index contributed by atoms with van der Waals surface area (Å²) in [6.07, 6.45) is -4.81. The van der Waals surface area contributed by atoms with Crippen LogP contribution in [0.5, 0.6) is 0 Å². The number of sulfonamides is 1. The fourth-order valence-electron chi connectivity index (χ4n) is 1.55. The Morgan fingerprint density at radius 1 is 1.38 bits per heavy atom. The first-order valence-corrected chi connectivity index (χ1v) is 7.40. The van der Waals surface area contributed by atoms with Crippen molar-refractivity contribution in [2.75, 3.05) is 13.1 Å². The topological polar surface area (TPSA) is 74.7 Å². The van der Waals surface area contributed by atoms with E-state index in [4.69, 9.17) is 16.7 Å². The Hall–Kier alpha value is -1.32. The molecule has 118 valence electrons. The third-order valence-electron chi connectivity index (χ3n) is 2.55. The van der Waals surface area contributed by atoms with Gasteiger partial charge in [-0.1, -0.05) is 18.5 Å². The van der Waals surface area contributed by atoms with Gasteiger partial charge in [-0.25, -0.2) is 8.42 Å². The fraction of sp³-hybridized carbons (Fsp3) is 0.364. The Balaban J connectivity index is 3.35. The Labute approximate surface area is 124 Å². The molecule has 0 heterocycles. The van der Waals surface area contributed by atoms with E-state index in [2.05, 4.69) is 0 Å². The van der Waals surface area contributed by atoms with Crippen LogP contribution in [0.15, 0.2) is 23.1 Å². The van der Waals surface area contributed by atoms with E-state index in [1.54, 1.807) is 0 Å². The van der Waals surface area contributed by atoms with E-state index in [1.165, 1.54) is 6.92 Å². The van der Waals surface area contributed by atoms with Crippen molar-refractivity contribution in [2.24, 2.45) is 0 Å². The number of likely N-dealkylation sites (N-methyl/N-ethyl adjacent to an activating group) is 1. The first-order chi connectivity index (χ1) is 9.50. The maximum absolute atomic E-state index is 12.7. The van der Waals surface area contributed by atoms with E-state index >= 15 is 0 Å². The number of carboxylic acid groups (broad SMARTS) is 1. The highest BCUT2D eigenvalue weighted by Gasteiger charge is 2.35. The molecule has 1 N–H and O–H groups in total. The number of carbonyl (C=O) groups is 1. The molecule has 1 aromatic carbocycles. The molecule has 1 aromatic rings. The molecule has 0 aliphatic rings. The van der Waals surface area contributed by atoms with Gasteiger partial charge in [0.25, 0.3) is 0 Å². The van der Waals surface area contributed by atoms with Crippen molar-refractivity contribution in [2.45, 2.75) is 18.0 Å². The van der Waals surface area contributed by atoms with Gasteiger partial charge in [-0.05, 0) is 18.2 Å². The summed E-state index contributed by atoms with van der Waals surface area (Å²) in [7, 11) is -4.35. The van der Waals surface area contributed by atoms with Crippen LogP contribution in [0.4, 0.5) is 13.2 Å². The molecule has 0 saturated heterocycles. The van der Waals surface area contributed by atoms with Gasteiger partial charge in [-0.3, -0.25) is 4.79 Å². The molecule has 10 heteroatoms. The lowest BCUT2D eigenvalue weighted by molar-refractivity contribution is -0.138. The van der Waals surface area contributed by atoms with Crippen LogP contribution >= 0.6 is 11.6 Å². The standard InChI is InChI=1S/C11H11ClF3NO4S/c1-2-16(6-10(17)18)21(19,20)7-3-4-9(12)8(5-7)11(13,14)15/h3-5H,2,6H2,1H3,(H,17,18). The summed E-state index contributed by atoms with van der Waals surface area (Å²) in [5.41, 5.74) is -1.29. The summed E-state index contributed by atoms with van der Waals surface area (Å²) in [6, 6.07) is 2.10. The molecule has 0 aliphatic carbocycles. The van der Waals surface area contributed by atoms with Gasteiger partial charge in [0.1, 0.15) is 6.54 Å². The molecule has 0 spiro atoms. The van der Waals surface area contributed by atoms with Gasteiger partial charge in [0.15, 0.2) is 0 Å². The Morgan fingerprint density at radius 2 is 1.95 bits per heavy atom. The largest absolute Gasteiger partial charge is 0.480 e. The minimum Gasteiger partial charge on any atom is -0.480 e. The number of alkyl halides is 3. The van der Waals surface area contributed by atoms with Gasteiger partial charge >= 0.3 is 12.1 Å². The van der Waals surface area contributed by atoms with Crippen LogP contribution in [0, 0.1) is 0 Å². The van der Waals surface area contributed by atoms with Crippen LogP contribution < -0.4 is 0 Å². The predicted molar refractivity (Wildman–Crippen MR) is 68.5 cm³/mol. The minimum atomic E-state index is -4.81. The van der Waals surface area contributed by atoms with Gasteiger partial charge in [0.2, 0.25) is 10.0 Å². The zero-order valence-electron chi connectivity index (χ0n) is 10.7. The molecule has 5 nitrogen and oxygen atoms in total. The Kier molecular flexibility index (Phi) is 5.24. The molecule has 0 bridgehead atoms. The Morgan fingerprint density at radius 3 is 2.38 bits per heavy atom. The molecule has 0 radical (unpaired) electrons. The monoisotopic (exact) mass is 345 g/mol. The number of aliphatic carboxylic acids is 1. The summed E-state index contributed by atoms with van der Waals surface area (Å²) < 4.78 is 63.0. The lowest BCUT2D eigenvalue weighted by Gasteiger charge is -2.19. The minimum absolute atomic E-state index is 0.196. The molecule has 0 atom stereocenters. The number of hydrogen-bond acceptors (Lipinski definition) is 3. The third kappa shape index (κ3) is 4.08. The first-order valence-electron chi connectivity index (χ1n) is 5.58. The van der Waals surface area contributed by atoms with Gasteiger partial charge in [-0.15, -0.1) is 0 Å². The molecule has 21 heavy (non-hydrogen) atoms. The molecule has 0 unspecified atom stereocenters. The second kappa shape index (κ2) is 6.20. The van der Waals surface area contributed by atoms with Crippen molar-refractivity contribution in [3.8, 4) is 0 Å². The third-order valence-corrected chi connectivity index (χ3v) is 4.79. The predicted octanol–water partition coefficient (Wildman–Crippen LogP) is 2.45. The van der Waals surface area contributed by atoms with Crippen molar-refractivity contribution in [3.05, 3.63) is 28.8 Å². The van der Waals surface area contributed by atoms with Gasteiger partial charge in [0, 0.05) is 6.54 Å². The van der Waals surface area contributed by atoms with Crippen molar-refractivity contribution in [1.82, 2.24) is 4.31 Å². The maximum Gasteiger partial charge on any atom is 0.417 e. The number of nitrogens with zero attached hydrogens (tertiary/aromatic N) is 1. The number of benzene rings is 1. The summed E-state index contributed by atoms with van der Waals surface area (Å²) >= 11 is 5.41. The highest BCUT2D eigenvalue weighted by molar-refractivity contribution is 7.89. The molecule has 0 fully saturated rings. The molecule has 0 amide bonds. The smallest absolute Gasteiger partial charge is 0.417 e. The van der Waals surface area contributed by atoms with E-state index in [0.717, 1.165) is 12.1 Å². The van der Waals surface area contributed by atoms with Crippen LogP contribution in [0.1, 0.15) is 12.5 Å². The van der Waals surface area contributed by atoms with Gasteiger partial charge in [0.05, 0.1) is 15.5 Å².